The van der Waals surface area contributed by atoms with E-state index in [4.69, 9.17) is 4.74 Å². The number of benzene rings is 2. The molecule has 3 rings (SSSR count). The second-order valence-corrected chi connectivity index (χ2v) is 7.78. The van der Waals surface area contributed by atoms with E-state index in [9.17, 15) is 4.79 Å². The van der Waals surface area contributed by atoms with Gasteiger partial charge in [0.05, 0.1) is 7.11 Å². The van der Waals surface area contributed by atoms with Gasteiger partial charge in [-0.15, -0.1) is 0 Å². The predicted octanol–water partition coefficient (Wildman–Crippen LogP) is 7.12. The van der Waals surface area contributed by atoms with Crippen LogP contribution in [0.3, 0.4) is 0 Å². The molecule has 0 saturated carbocycles. The van der Waals surface area contributed by atoms with Crippen LogP contribution in [0, 0.1) is 11.8 Å². The van der Waals surface area contributed by atoms with Crippen LogP contribution in [0.1, 0.15) is 51.5 Å². The van der Waals surface area contributed by atoms with Crippen molar-refractivity contribution in [1.29, 1.82) is 0 Å². The van der Waals surface area contributed by atoms with Crippen LogP contribution in [-0.2, 0) is 4.74 Å². The van der Waals surface area contributed by atoms with Crippen molar-refractivity contribution in [2.75, 3.05) is 7.11 Å². The molecule has 1 aliphatic carbocycles. The molecule has 0 spiro atoms. The minimum atomic E-state index is -0.704. The van der Waals surface area contributed by atoms with Crippen LogP contribution in [0.4, 0.5) is 4.79 Å². The van der Waals surface area contributed by atoms with E-state index in [0.717, 1.165) is 23.0 Å². The molecule has 3 nitrogen and oxygen atoms in total. The molecule has 0 radical (unpaired) electrons. The molecule has 2 atom stereocenters. The summed E-state index contributed by atoms with van der Waals surface area (Å²) in [6.45, 7) is 4.65. The van der Waals surface area contributed by atoms with Crippen LogP contribution in [0.5, 0.6) is 5.75 Å². The first-order chi connectivity index (χ1) is 13.6. The predicted molar refractivity (Wildman–Crippen MR) is 114 cm³/mol. The van der Waals surface area contributed by atoms with Gasteiger partial charge in [0, 0.05) is 0 Å². The van der Waals surface area contributed by atoms with Crippen LogP contribution in [0.2, 0.25) is 0 Å². The summed E-state index contributed by atoms with van der Waals surface area (Å²) >= 11 is 0. The van der Waals surface area contributed by atoms with E-state index in [2.05, 4.69) is 48.9 Å². The Balaban J connectivity index is 1.63. The van der Waals surface area contributed by atoms with Crippen molar-refractivity contribution >= 4 is 11.7 Å². The van der Waals surface area contributed by atoms with Gasteiger partial charge >= 0.3 is 6.16 Å². The van der Waals surface area contributed by atoms with Gasteiger partial charge in [-0.25, -0.2) is 4.79 Å². The van der Waals surface area contributed by atoms with E-state index < -0.39 is 6.16 Å². The molecule has 2 aromatic carbocycles. The second kappa shape index (κ2) is 9.59. The maximum Gasteiger partial charge on any atom is 0.513 e. The lowest BCUT2D eigenvalue weighted by atomic mass is 9.81. The molecule has 0 aliphatic heterocycles. The normalized spacial score (nSPS) is 17.5. The summed E-state index contributed by atoms with van der Waals surface area (Å²) in [4.78, 5) is 11.2. The second-order valence-electron chi connectivity index (χ2n) is 7.78. The van der Waals surface area contributed by atoms with E-state index in [1.807, 2.05) is 12.1 Å². The van der Waals surface area contributed by atoms with E-state index in [-0.39, 0.29) is 0 Å². The molecule has 28 heavy (non-hydrogen) atoms. The lowest BCUT2D eigenvalue weighted by Crippen LogP contribution is -2.09. The highest BCUT2D eigenvalue weighted by atomic mass is 16.7. The largest absolute Gasteiger partial charge is 0.513 e. The number of ether oxygens (including phenoxy) is 2. The van der Waals surface area contributed by atoms with Crippen molar-refractivity contribution in [3.63, 3.8) is 0 Å². The molecular weight excluding hydrogens is 348 g/mol. The van der Waals surface area contributed by atoms with Gasteiger partial charge in [0.15, 0.2) is 0 Å². The maximum absolute atomic E-state index is 11.2. The third kappa shape index (κ3) is 5.25. The molecule has 0 heterocycles. The number of allylic oxidation sites excluding steroid dienone is 2. The van der Waals surface area contributed by atoms with Crippen LogP contribution >= 0.6 is 0 Å². The van der Waals surface area contributed by atoms with Gasteiger partial charge in [-0.1, -0.05) is 62.7 Å². The molecule has 0 bridgehead atoms. The highest BCUT2D eigenvalue weighted by molar-refractivity contribution is 5.71. The average Bonchev–Trinajstić information content (AvgIpc) is 2.75. The zero-order chi connectivity index (χ0) is 19.9. The van der Waals surface area contributed by atoms with Crippen molar-refractivity contribution < 1.29 is 14.3 Å². The fraction of sp³-hybridized carbons (Fsp3) is 0.400. The summed E-state index contributed by atoms with van der Waals surface area (Å²) in [7, 11) is 1.30. The smallest absolute Gasteiger partial charge is 0.437 e. The van der Waals surface area contributed by atoms with Gasteiger partial charge in [0.25, 0.3) is 0 Å². The van der Waals surface area contributed by atoms with Gasteiger partial charge in [-0.2, -0.15) is 0 Å². The van der Waals surface area contributed by atoms with Crippen LogP contribution in [0.25, 0.3) is 16.7 Å². The van der Waals surface area contributed by atoms with Gasteiger partial charge in [-0.05, 0) is 71.9 Å². The van der Waals surface area contributed by atoms with E-state index in [1.165, 1.54) is 50.4 Å². The highest BCUT2D eigenvalue weighted by Gasteiger charge is 2.17. The summed E-state index contributed by atoms with van der Waals surface area (Å²) in [5.41, 5.74) is 5.06. The maximum atomic E-state index is 11.2. The molecule has 0 fully saturated rings. The number of carbonyl (C=O) groups is 1. The SMILES string of the molecule is CCC(C)CC1CC=C(c2ccc(-c3ccc(OC(=O)OC)cc3)cc2)CC1. The first-order valence-electron chi connectivity index (χ1n) is 10.2. The molecule has 1 aliphatic rings. The third-order valence-electron chi connectivity index (χ3n) is 5.76. The van der Waals surface area contributed by atoms with Crippen LogP contribution < -0.4 is 4.74 Å². The Labute approximate surface area is 168 Å². The summed E-state index contributed by atoms with van der Waals surface area (Å²) in [6, 6.07) is 16.2. The lowest BCUT2D eigenvalue weighted by Gasteiger charge is -2.24. The van der Waals surface area contributed by atoms with E-state index in [1.54, 1.807) is 12.1 Å². The minimum Gasteiger partial charge on any atom is -0.437 e. The molecule has 2 aromatic rings. The number of hydrogen-bond donors (Lipinski definition) is 0. The summed E-state index contributed by atoms with van der Waals surface area (Å²) in [5, 5.41) is 0. The first kappa shape index (κ1) is 20.2. The summed E-state index contributed by atoms with van der Waals surface area (Å²) in [5.74, 6) is 2.17. The molecule has 0 saturated heterocycles. The fourth-order valence-corrected chi connectivity index (χ4v) is 3.83. The topological polar surface area (TPSA) is 35.5 Å². The average molecular weight is 379 g/mol. The van der Waals surface area contributed by atoms with Crippen molar-refractivity contribution in [1.82, 2.24) is 0 Å². The first-order valence-corrected chi connectivity index (χ1v) is 10.2. The Morgan fingerprint density at radius 2 is 1.64 bits per heavy atom. The van der Waals surface area contributed by atoms with Crippen molar-refractivity contribution in [2.45, 2.75) is 46.0 Å². The highest BCUT2D eigenvalue weighted by Crippen LogP contribution is 2.34. The zero-order valence-corrected chi connectivity index (χ0v) is 17.1. The van der Waals surface area contributed by atoms with E-state index in [0.29, 0.717) is 5.75 Å². The summed E-state index contributed by atoms with van der Waals surface area (Å²) < 4.78 is 9.53. The Bertz CT molecular complexity index is 803. The quantitative estimate of drug-likeness (QED) is 0.396. The number of carbonyl (C=O) groups excluding carboxylic acids is 1. The Morgan fingerprint density at radius 3 is 2.18 bits per heavy atom. The molecule has 0 N–H and O–H groups in total. The van der Waals surface area contributed by atoms with Gasteiger partial charge < -0.3 is 9.47 Å². The fourth-order valence-electron chi connectivity index (χ4n) is 3.83. The van der Waals surface area contributed by atoms with E-state index >= 15 is 0 Å². The van der Waals surface area contributed by atoms with Crippen molar-refractivity contribution in [2.24, 2.45) is 11.8 Å². The molecule has 3 heteroatoms. The van der Waals surface area contributed by atoms with Gasteiger partial charge in [0.2, 0.25) is 0 Å². The molecular formula is C25H30O3. The molecule has 2 unspecified atom stereocenters. The molecule has 148 valence electrons. The number of methoxy groups -OCH3 is 1. The van der Waals surface area contributed by atoms with Gasteiger partial charge in [0.1, 0.15) is 5.75 Å². The molecule has 0 aromatic heterocycles. The van der Waals surface area contributed by atoms with Crippen molar-refractivity contribution in [3.05, 3.63) is 60.2 Å². The van der Waals surface area contributed by atoms with Crippen molar-refractivity contribution in [3.8, 4) is 16.9 Å². The Kier molecular flexibility index (Phi) is 6.91. The van der Waals surface area contributed by atoms with Crippen LogP contribution in [-0.4, -0.2) is 13.3 Å². The van der Waals surface area contributed by atoms with Crippen LogP contribution in [0.15, 0.2) is 54.6 Å². The minimum absolute atomic E-state index is 0.478. The Hall–Kier alpha value is -2.55. The Morgan fingerprint density at radius 1 is 1.04 bits per heavy atom. The molecule has 0 amide bonds. The number of hydrogen-bond acceptors (Lipinski definition) is 3. The zero-order valence-electron chi connectivity index (χ0n) is 17.1. The number of rotatable bonds is 6. The van der Waals surface area contributed by atoms with Gasteiger partial charge in [-0.3, -0.25) is 0 Å². The summed E-state index contributed by atoms with van der Waals surface area (Å²) in [6.07, 6.45) is 8.08. The monoisotopic (exact) mass is 378 g/mol. The third-order valence-corrected chi connectivity index (χ3v) is 5.76. The standard InChI is InChI=1S/C25H30O3/c1-4-18(2)17-19-5-7-20(8-6-19)21-9-11-22(12-10-21)23-13-15-24(16-14-23)28-25(26)27-3/h7,9-16,18-19H,4-6,8,17H2,1-3H3. The lowest BCUT2D eigenvalue weighted by molar-refractivity contribution is 0.121.